The Hall–Kier alpha value is -1.79. The number of nitrogens with zero attached hydrogens (tertiary/aromatic N) is 2. The van der Waals surface area contributed by atoms with Crippen LogP contribution in [0.4, 0.5) is 5.13 Å². The topological polar surface area (TPSA) is 62.7 Å². The zero-order chi connectivity index (χ0) is 20.9. The molecule has 170 valence electrons. The molecule has 7 heteroatoms. The molecule has 5 nitrogen and oxygen atoms in total. The summed E-state index contributed by atoms with van der Waals surface area (Å²) >= 11 is 1.61. The largest absolute Gasteiger partial charge is 0.490 e. The highest BCUT2D eigenvalue weighted by atomic mass is 35.5. The van der Waals surface area contributed by atoms with E-state index in [1.54, 1.807) is 11.3 Å². The van der Waals surface area contributed by atoms with Gasteiger partial charge < -0.3 is 14.7 Å². The van der Waals surface area contributed by atoms with Gasteiger partial charge in [0.25, 0.3) is 0 Å². The van der Waals surface area contributed by atoms with Gasteiger partial charge in [-0.25, -0.2) is 4.98 Å². The Morgan fingerprint density at radius 1 is 1.13 bits per heavy atom. The Morgan fingerprint density at radius 2 is 1.81 bits per heavy atom. The summed E-state index contributed by atoms with van der Waals surface area (Å²) in [6.07, 6.45) is 9.97. The average Bonchev–Trinajstić information content (AvgIpc) is 3.43. The van der Waals surface area contributed by atoms with Crippen LogP contribution in [0.1, 0.15) is 64.7 Å². The zero-order valence-electron chi connectivity index (χ0n) is 18.2. The summed E-state index contributed by atoms with van der Waals surface area (Å²) in [4.78, 5) is 18.2. The lowest BCUT2D eigenvalue weighted by Crippen LogP contribution is -2.35. The van der Waals surface area contributed by atoms with Gasteiger partial charge in [0.05, 0.1) is 18.2 Å². The number of carboxylic acids is 1. The Labute approximate surface area is 195 Å². The standard InChI is InChI=1S/C24H32N2O3S.ClH/c1-17-6-10-20(11-7-17)29-21-12-8-18(9-13-21)22-16-30-24(25-22)26(15-14-23(27)28)19-4-2-3-5-19;/h8-9,12-13,16-17,19-20H,2-7,10-11,14-15H2,1H3,(H,27,28);1H/t17-,20-;. The molecule has 0 radical (unpaired) electrons. The van der Waals surface area contributed by atoms with Crippen LogP contribution in [-0.4, -0.2) is 34.8 Å². The smallest absolute Gasteiger partial charge is 0.305 e. The number of carboxylic acid groups (broad SMARTS) is 1. The van der Waals surface area contributed by atoms with E-state index >= 15 is 0 Å². The van der Waals surface area contributed by atoms with Gasteiger partial charge in [0.15, 0.2) is 5.13 Å². The molecule has 2 aliphatic rings. The van der Waals surface area contributed by atoms with Crippen molar-refractivity contribution in [3.8, 4) is 17.0 Å². The van der Waals surface area contributed by atoms with Crippen molar-refractivity contribution < 1.29 is 14.6 Å². The molecule has 0 aliphatic heterocycles. The fourth-order valence-corrected chi connectivity index (χ4v) is 5.57. The Morgan fingerprint density at radius 3 is 2.45 bits per heavy atom. The number of hydrogen-bond acceptors (Lipinski definition) is 5. The number of thiazole rings is 1. The summed E-state index contributed by atoms with van der Waals surface area (Å²) in [5, 5.41) is 12.2. The number of aromatic nitrogens is 1. The summed E-state index contributed by atoms with van der Waals surface area (Å²) in [5.74, 6) is 1.01. The molecule has 31 heavy (non-hydrogen) atoms. The van der Waals surface area contributed by atoms with Gasteiger partial charge >= 0.3 is 5.97 Å². The van der Waals surface area contributed by atoms with Crippen LogP contribution in [0.15, 0.2) is 29.6 Å². The van der Waals surface area contributed by atoms with E-state index in [0.717, 1.165) is 53.7 Å². The molecule has 0 saturated heterocycles. The lowest BCUT2D eigenvalue weighted by atomic mass is 9.89. The quantitative estimate of drug-likeness (QED) is 0.488. The maximum absolute atomic E-state index is 11.1. The highest BCUT2D eigenvalue weighted by Crippen LogP contribution is 2.34. The molecule has 1 heterocycles. The van der Waals surface area contributed by atoms with Crippen LogP contribution in [-0.2, 0) is 4.79 Å². The van der Waals surface area contributed by atoms with Crippen LogP contribution in [0.5, 0.6) is 5.75 Å². The minimum absolute atomic E-state index is 0. The minimum atomic E-state index is -0.752. The van der Waals surface area contributed by atoms with Crippen molar-refractivity contribution in [2.24, 2.45) is 5.92 Å². The van der Waals surface area contributed by atoms with Crippen LogP contribution in [0, 0.1) is 5.92 Å². The minimum Gasteiger partial charge on any atom is -0.490 e. The van der Waals surface area contributed by atoms with Gasteiger partial charge in [0.2, 0.25) is 0 Å². The van der Waals surface area contributed by atoms with Crippen molar-refractivity contribution in [2.75, 3.05) is 11.4 Å². The average molecular weight is 465 g/mol. The molecular formula is C24H33ClN2O3S. The first-order valence-corrected chi connectivity index (χ1v) is 12.2. The summed E-state index contributed by atoms with van der Waals surface area (Å²) < 4.78 is 6.18. The number of anilines is 1. The lowest BCUT2D eigenvalue weighted by Gasteiger charge is -2.28. The first-order valence-electron chi connectivity index (χ1n) is 11.3. The molecular weight excluding hydrogens is 432 g/mol. The highest BCUT2D eigenvalue weighted by Gasteiger charge is 2.25. The van der Waals surface area contributed by atoms with Gasteiger partial charge in [-0.3, -0.25) is 4.79 Å². The summed E-state index contributed by atoms with van der Waals surface area (Å²) in [6, 6.07) is 8.67. The van der Waals surface area contributed by atoms with Crippen molar-refractivity contribution in [3.63, 3.8) is 0 Å². The first-order chi connectivity index (χ1) is 14.6. The van der Waals surface area contributed by atoms with Crippen molar-refractivity contribution in [1.82, 2.24) is 4.98 Å². The molecule has 4 rings (SSSR count). The van der Waals surface area contributed by atoms with E-state index in [2.05, 4.69) is 29.3 Å². The van der Waals surface area contributed by atoms with Crippen LogP contribution in [0.3, 0.4) is 0 Å². The van der Waals surface area contributed by atoms with Gasteiger partial charge in [0, 0.05) is 23.5 Å². The maximum Gasteiger partial charge on any atom is 0.305 e. The third kappa shape index (κ3) is 6.36. The summed E-state index contributed by atoms with van der Waals surface area (Å²) in [6.45, 7) is 2.85. The molecule has 1 aromatic heterocycles. The van der Waals surface area contributed by atoms with Gasteiger partial charge in [-0.2, -0.15) is 0 Å². The number of carbonyl (C=O) groups is 1. The van der Waals surface area contributed by atoms with Crippen LogP contribution >= 0.6 is 23.7 Å². The van der Waals surface area contributed by atoms with Crippen LogP contribution in [0.25, 0.3) is 11.3 Å². The molecule has 2 aromatic rings. The van der Waals surface area contributed by atoms with Crippen molar-refractivity contribution in [2.45, 2.75) is 76.9 Å². The number of ether oxygens (including phenoxy) is 1. The van der Waals surface area contributed by atoms with Crippen LogP contribution < -0.4 is 9.64 Å². The Bertz CT molecular complexity index is 828. The number of rotatable bonds is 8. The molecule has 0 atom stereocenters. The zero-order valence-corrected chi connectivity index (χ0v) is 19.8. The summed E-state index contributed by atoms with van der Waals surface area (Å²) in [7, 11) is 0. The van der Waals surface area contributed by atoms with Gasteiger partial charge in [-0.1, -0.05) is 19.8 Å². The van der Waals surface area contributed by atoms with Gasteiger partial charge in [0.1, 0.15) is 5.75 Å². The number of halogens is 1. The normalized spacial score (nSPS) is 21.5. The third-order valence-corrected chi connectivity index (χ3v) is 7.36. The molecule has 0 spiro atoms. The molecule has 0 unspecified atom stereocenters. The summed E-state index contributed by atoms with van der Waals surface area (Å²) in [5.41, 5.74) is 2.03. The maximum atomic E-state index is 11.1. The van der Waals surface area contributed by atoms with E-state index in [9.17, 15) is 4.79 Å². The fraction of sp³-hybridized carbons (Fsp3) is 0.583. The second kappa shape index (κ2) is 11.2. The monoisotopic (exact) mass is 464 g/mol. The van der Waals surface area contributed by atoms with E-state index < -0.39 is 5.97 Å². The van der Waals surface area contributed by atoms with E-state index in [-0.39, 0.29) is 18.8 Å². The van der Waals surface area contributed by atoms with Gasteiger partial charge in [-0.15, -0.1) is 23.7 Å². The van der Waals surface area contributed by atoms with E-state index in [4.69, 9.17) is 14.8 Å². The van der Waals surface area contributed by atoms with Gasteiger partial charge in [-0.05, 0) is 68.7 Å². The molecule has 2 fully saturated rings. The number of benzene rings is 1. The molecule has 0 amide bonds. The second-order valence-electron chi connectivity index (χ2n) is 8.81. The predicted octanol–water partition coefficient (Wildman–Crippen LogP) is 6.41. The fourth-order valence-electron chi connectivity index (χ4n) is 4.64. The Kier molecular flexibility index (Phi) is 8.61. The SMILES string of the molecule is C[C@H]1CC[C@H](Oc2ccc(-c3csc(N(CCC(=O)O)C4CCCC4)n3)cc2)CC1.Cl. The van der Waals surface area contributed by atoms with Crippen molar-refractivity contribution in [1.29, 1.82) is 0 Å². The molecule has 1 N–H and O–H groups in total. The molecule has 2 aliphatic carbocycles. The molecule has 2 saturated carbocycles. The van der Waals surface area contributed by atoms with E-state index in [0.29, 0.717) is 18.7 Å². The first kappa shape index (κ1) is 23.9. The molecule has 0 bridgehead atoms. The lowest BCUT2D eigenvalue weighted by molar-refractivity contribution is -0.136. The number of aliphatic carboxylic acids is 1. The number of hydrogen-bond donors (Lipinski definition) is 1. The highest BCUT2D eigenvalue weighted by molar-refractivity contribution is 7.14. The van der Waals surface area contributed by atoms with E-state index in [1.807, 2.05) is 12.1 Å². The second-order valence-corrected chi connectivity index (χ2v) is 9.65. The third-order valence-electron chi connectivity index (χ3n) is 6.49. The van der Waals surface area contributed by atoms with Crippen LogP contribution in [0.2, 0.25) is 0 Å². The van der Waals surface area contributed by atoms with Crippen molar-refractivity contribution >= 4 is 34.8 Å². The van der Waals surface area contributed by atoms with E-state index in [1.165, 1.54) is 25.7 Å². The predicted molar refractivity (Wildman–Crippen MR) is 129 cm³/mol. The molecule has 1 aromatic carbocycles. The Balaban J connectivity index is 0.00000272. The van der Waals surface area contributed by atoms with Crippen molar-refractivity contribution in [3.05, 3.63) is 29.6 Å².